The Kier molecular flexibility index (Phi) is 6.28. The van der Waals surface area contributed by atoms with Crippen LogP contribution in [0.25, 0.3) is 0 Å². The summed E-state index contributed by atoms with van der Waals surface area (Å²) in [5, 5.41) is 2.75. The van der Waals surface area contributed by atoms with Gasteiger partial charge in [-0.2, -0.15) is 0 Å². The fourth-order valence-corrected chi connectivity index (χ4v) is 2.59. The molecule has 0 radical (unpaired) electrons. The van der Waals surface area contributed by atoms with Crippen LogP contribution in [-0.2, 0) is 9.59 Å². The fourth-order valence-electron chi connectivity index (χ4n) is 2.59. The van der Waals surface area contributed by atoms with Gasteiger partial charge in [-0.15, -0.1) is 0 Å². The molecule has 1 fully saturated rings. The molecule has 2 amide bonds. The number of likely N-dealkylation sites (N-methyl/N-ethyl adjacent to an activating group) is 1. The van der Waals surface area contributed by atoms with E-state index in [0.29, 0.717) is 19.0 Å². The standard InChI is InChI=1S/C14H27N3O2/c1-4-17(5-2)13(18)9-16-14(19)11-7-6-10(3)12(15)8-11/h10-12H,4-9,15H2,1-3H3,(H,16,19). The first-order chi connectivity index (χ1) is 8.99. The molecular formula is C14H27N3O2. The molecule has 3 atom stereocenters. The van der Waals surface area contributed by atoms with E-state index in [2.05, 4.69) is 12.2 Å². The summed E-state index contributed by atoms with van der Waals surface area (Å²) >= 11 is 0. The molecule has 19 heavy (non-hydrogen) atoms. The maximum absolute atomic E-state index is 12.0. The Balaban J connectivity index is 2.37. The van der Waals surface area contributed by atoms with E-state index in [4.69, 9.17) is 5.73 Å². The third-order valence-electron chi connectivity index (χ3n) is 4.16. The van der Waals surface area contributed by atoms with E-state index in [1.165, 1.54) is 0 Å². The van der Waals surface area contributed by atoms with Gasteiger partial charge in [0.2, 0.25) is 11.8 Å². The van der Waals surface area contributed by atoms with Crippen LogP contribution in [-0.4, -0.2) is 42.4 Å². The summed E-state index contributed by atoms with van der Waals surface area (Å²) in [6.07, 6.45) is 2.59. The molecule has 1 rings (SSSR count). The van der Waals surface area contributed by atoms with Crippen molar-refractivity contribution in [2.75, 3.05) is 19.6 Å². The molecule has 0 spiro atoms. The van der Waals surface area contributed by atoms with E-state index in [1.807, 2.05) is 13.8 Å². The third kappa shape index (κ3) is 4.49. The van der Waals surface area contributed by atoms with E-state index in [9.17, 15) is 9.59 Å². The van der Waals surface area contributed by atoms with Gasteiger partial charge >= 0.3 is 0 Å². The summed E-state index contributed by atoms with van der Waals surface area (Å²) in [5.41, 5.74) is 6.00. The van der Waals surface area contributed by atoms with Crippen LogP contribution in [0.4, 0.5) is 0 Å². The Morgan fingerprint density at radius 2 is 1.89 bits per heavy atom. The van der Waals surface area contributed by atoms with Crippen LogP contribution in [0.1, 0.15) is 40.0 Å². The highest BCUT2D eigenvalue weighted by atomic mass is 16.2. The Hall–Kier alpha value is -1.10. The summed E-state index contributed by atoms with van der Waals surface area (Å²) in [7, 11) is 0. The SMILES string of the molecule is CCN(CC)C(=O)CNC(=O)C1CCC(C)C(N)C1. The highest BCUT2D eigenvalue weighted by Crippen LogP contribution is 2.27. The molecule has 3 unspecified atom stereocenters. The second-order valence-corrected chi connectivity index (χ2v) is 5.43. The average Bonchev–Trinajstić information content (AvgIpc) is 2.40. The highest BCUT2D eigenvalue weighted by Gasteiger charge is 2.29. The van der Waals surface area contributed by atoms with E-state index in [1.54, 1.807) is 4.90 Å². The van der Waals surface area contributed by atoms with Crippen LogP contribution < -0.4 is 11.1 Å². The Morgan fingerprint density at radius 1 is 1.26 bits per heavy atom. The largest absolute Gasteiger partial charge is 0.347 e. The molecule has 0 heterocycles. The summed E-state index contributed by atoms with van der Waals surface area (Å²) in [5.74, 6) is 0.409. The molecule has 1 aliphatic carbocycles. The summed E-state index contributed by atoms with van der Waals surface area (Å²) in [6, 6.07) is 0.1000. The van der Waals surface area contributed by atoms with Gasteiger partial charge in [-0.1, -0.05) is 6.92 Å². The minimum atomic E-state index is -0.0318. The average molecular weight is 269 g/mol. The molecule has 0 aromatic heterocycles. The topological polar surface area (TPSA) is 75.4 Å². The van der Waals surface area contributed by atoms with Crippen molar-refractivity contribution in [2.24, 2.45) is 17.6 Å². The molecule has 1 aliphatic rings. The molecule has 5 heteroatoms. The summed E-state index contributed by atoms with van der Waals surface area (Å²) < 4.78 is 0. The van der Waals surface area contributed by atoms with Crippen LogP contribution in [0.2, 0.25) is 0 Å². The second kappa shape index (κ2) is 7.48. The lowest BCUT2D eigenvalue weighted by Gasteiger charge is -2.31. The highest BCUT2D eigenvalue weighted by molar-refractivity contribution is 5.85. The Labute approximate surface area is 115 Å². The number of carbonyl (C=O) groups is 2. The first-order valence-corrected chi connectivity index (χ1v) is 7.30. The molecule has 0 bridgehead atoms. The van der Waals surface area contributed by atoms with E-state index >= 15 is 0 Å². The van der Waals surface area contributed by atoms with Crippen molar-refractivity contribution in [3.05, 3.63) is 0 Å². The van der Waals surface area contributed by atoms with Gasteiger partial charge in [0, 0.05) is 25.0 Å². The van der Waals surface area contributed by atoms with E-state index < -0.39 is 0 Å². The van der Waals surface area contributed by atoms with E-state index in [0.717, 1.165) is 19.3 Å². The first-order valence-electron chi connectivity index (χ1n) is 7.30. The number of hydrogen-bond donors (Lipinski definition) is 2. The zero-order chi connectivity index (χ0) is 14.4. The molecule has 1 saturated carbocycles. The molecule has 0 aromatic carbocycles. The molecule has 0 aromatic rings. The van der Waals surface area contributed by atoms with Crippen molar-refractivity contribution in [2.45, 2.75) is 46.1 Å². The predicted octanol–water partition coefficient (Wildman–Crippen LogP) is 0.735. The molecule has 5 nitrogen and oxygen atoms in total. The number of nitrogens with one attached hydrogen (secondary N) is 1. The van der Waals surface area contributed by atoms with Crippen LogP contribution >= 0.6 is 0 Å². The van der Waals surface area contributed by atoms with Crippen molar-refractivity contribution in [3.8, 4) is 0 Å². The van der Waals surface area contributed by atoms with Crippen molar-refractivity contribution < 1.29 is 9.59 Å². The second-order valence-electron chi connectivity index (χ2n) is 5.43. The van der Waals surface area contributed by atoms with Crippen molar-refractivity contribution in [1.29, 1.82) is 0 Å². The van der Waals surface area contributed by atoms with Crippen molar-refractivity contribution in [1.82, 2.24) is 10.2 Å². The van der Waals surface area contributed by atoms with Gasteiger partial charge in [0.15, 0.2) is 0 Å². The first kappa shape index (κ1) is 16.0. The smallest absolute Gasteiger partial charge is 0.241 e. The van der Waals surface area contributed by atoms with Gasteiger partial charge in [-0.05, 0) is 39.0 Å². The minimum Gasteiger partial charge on any atom is -0.347 e. The summed E-state index contributed by atoms with van der Waals surface area (Å²) in [6.45, 7) is 7.45. The maximum Gasteiger partial charge on any atom is 0.241 e. The molecule has 0 saturated heterocycles. The van der Waals surface area contributed by atoms with Gasteiger partial charge in [-0.25, -0.2) is 0 Å². The van der Waals surface area contributed by atoms with Gasteiger partial charge in [-0.3, -0.25) is 9.59 Å². The fraction of sp³-hybridized carbons (Fsp3) is 0.857. The zero-order valence-electron chi connectivity index (χ0n) is 12.3. The van der Waals surface area contributed by atoms with Gasteiger partial charge in [0.1, 0.15) is 0 Å². The Bertz CT molecular complexity index is 316. The van der Waals surface area contributed by atoms with Gasteiger partial charge < -0.3 is 16.0 Å². The normalized spacial score (nSPS) is 26.8. The molecule has 110 valence electrons. The van der Waals surface area contributed by atoms with E-state index in [-0.39, 0.29) is 30.3 Å². The number of carbonyl (C=O) groups excluding carboxylic acids is 2. The minimum absolute atomic E-state index is 0.0215. The lowest BCUT2D eigenvalue weighted by atomic mass is 9.79. The predicted molar refractivity (Wildman–Crippen MR) is 75.4 cm³/mol. The maximum atomic E-state index is 12.0. The quantitative estimate of drug-likeness (QED) is 0.773. The van der Waals surface area contributed by atoms with Crippen molar-refractivity contribution in [3.63, 3.8) is 0 Å². The lowest BCUT2D eigenvalue weighted by Crippen LogP contribution is -2.45. The van der Waals surface area contributed by atoms with Crippen LogP contribution in [0.5, 0.6) is 0 Å². The van der Waals surface area contributed by atoms with Crippen LogP contribution in [0, 0.1) is 11.8 Å². The molecule has 0 aliphatic heterocycles. The molecular weight excluding hydrogens is 242 g/mol. The number of nitrogens with zero attached hydrogens (tertiary/aromatic N) is 1. The number of hydrogen-bond acceptors (Lipinski definition) is 3. The summed E-state index contributed by atoms with van der Waals surface area (Å²) in [4.78, 5) is 25.5. The number of amides is 2. The van der Waals surface area contributed by atoms with Gasteiger partial charge in [0.05, 0.1) is 6.54 Å². The monoisotopic (exact) mass is 269 g/mol. The number of nitrogens with two attached hydrogens (primary N) is 1. The number of rotatable bonds is 5. The third-order valence-corrected chi connectivity index (χ3v) is 4.16. The lowest BCUT2D eigenvalue weighted by molar-refractivity contribution is -0.134. The van der Waals surface area contributed by atoms with Crippen molar-refractivity contribution >= 4 is 11.8 Å². The van der Waals surface area contributed by atoms with Crippen LogP contribution in [0.3, 0.4) is 0 Å². The molecule has 3 N–H and O–H groups in total. The van der Waals surface area contributed by atoms with Gasteiger partial charge in [0.25, 0.3) is 0 Å². The zero-order valence-corrected chi connectivity index (χ0v) is 12.3. The van der Waals surface area contributed by atoms with Crippen LogP contribution in [0.15, 0.2) is 0 Å². The Morgan fingerprint density at radius 3 is 2.42 bits per heavy atom.